The molecule has 0 fully saturated rings. The van der Waals surface area contributed by atoms with Crippen molar-refractivity contribution in [3.8, 4) is 0 Å². The molecule has 14 heavy (non-hydrogen) atoms. The van der Waals surface area contributed by atoms with Gasteiger partial charge in [0.2, 0.25) is 0 Å². The number of hydrogen-bond donors (Lipinski definition) is 1. The van der Waals surface area contributed by atoms with E-state index in [1.54, 1.807) is 12.3 Å². The first kappa shape index (κ1) is 8.91. The van der Waals surface area contributed by atoms with E-state index >= 15 is 0 Å². The lowest BCUT2D eigenvalue weighted by molar-refractivity contribution is 0.343. The van der Waals surface area contributed by atoms with Gasteiger partial charge in [-0.15, -0.1) is 0 Å². The van der Waals surface area contributed by atoms with Crippen molar-refractivity contribution in [2.24, 2.45) is 0 Å². The number of aliphatic hydroxyl groups is 1. The molecular formula is C12H11NO. The van der Waals surface area contributed by atoms with Crippen molar-refractivity contribution in [1.29, 1.82) is 0 Å². The van der Waals surface area contributed by atoms with Crippen LogP contribution in [0.25, 0.3) is 17.0 Å². The molecule has 1 aromatic heterocycles. The molecule has 0 unspecified atom stereocenters. The number of aromatic nitrogens is 1. The number of benzene rings is 1. The normalized spacial score (nSPS) is 11.2. The van der Waals surface area contributed by atoms with Crippen molar-refractivity contribution in [3.05, 3.63) is 48.2 Å². The smallest absolute Gasteiger partial charge is 0.0702 e. The highest BCUT2D eigenvalue weighted by Gasteiger charge is 1.93. The second-order valence-corrected chi connectivity index (χ2v) is 3.04. The summed E-state index contributed by atoms with van der Waals surface area (Å²) >= 11 is 0. The molecule has 70 valence electrons. The van der Waals surface area contributed by atoms with E-state index in [9.17, 15) is 0 Å². The molecule has 0 amide bonds. The summed E-state index contributed by atoms with van der Waals surface area (Å²) in [5, 5.41) is 9.76. The molecule has 2 aromatic rings. The summed E-state index contributed by atoms with van der Waals surface area (Å²) < 4.78 is 0. The highest BCUT2D eigenvalue weighted by Crippen LogP contribution is 2.13. The van der Waals surface area contributed by atoms with E-state index in [1.807, 2.05) is 30.3 Å². The molecule has 2 heteroatoms. The van der Waals surface area contributed by atoms with Gasteiger partial charge in [-0.3, -0.25) is 4.98 Å². The van der Waals surface area contributed by atoms with Crippen molar-refractivity contribution < 1.29 is 5.11 Å². The quantitative estimate of drug-likeness (QED) is 0.778. The van der Waals surface area contributed by atoms with Gasteiger partial charge in [0.05, 0.1) is 12.1 Å². The van der Waals surface area contributed by atoms with Crippen molar-refractivity contribution in [1.82, 2.24) is 4.98 Å². The summed E-state index contributed by atoms with van der Waals surface area (Å²) in [7, 11) is 0. The van der Waals surface area contributed by atoms with Crippen molar-refractivity contribution >= 4 is 17.0 Å². The molecule has 0 spiro atoms. The fourth-order valence-electron chi connectivity index (χ4n) is 1.39. The van der Waals surface area contributed by atoms with E-state index in [0.29, 0.717) is 0 Å². The molecule has 0 saturated heterocycles. The Morgan fingerprint density at radius 3 is 3.07 bits per heavy atom. The van der Waals surface area contributed by atoms with Gasteiger partial charge in [0.25, 0.3) is 0 Å². The molecule has 2 rings (SSSR count). The Kier molecular flexibility index (Phi) is 2.56. The van der Waals surface area contributed by atoms with Gasteiger partial charge in [-0.05, 0) is 23.8 Å². The van der Waals surface area contributed by atoms with Crippen LogP contribution in [0.1, 0.15) is 5.56 Å². The average Bonchev–Trinajstić information content (AvgIpc) is 2.26. The van der Waals surface area contributed by atoms with Gasteiger partial charge in [0, 0.05) is 11.6 Å². The first-order valence-corrected chi connectivity index (χ1v) is 4.52. The minimum atomic E-state index is 0.0745. The molecule has 0 aliphatic rings. The molecule has 1 aromatic carbocycles. The van der Waals surface area contributed by atoms with E-state index in [2.05, 4.69) is 11.1 Å². The van der Waals surface area contributed by atoms with Crippen LogP contribution in [-0.4, -0.2) is 16.7 Å². The first-order valence-electron chi connectivity index (χ1n) is 4.52. The maximum atomic E-state index is 8.64. The summed E-state index contributed by atoms with van der Waals surface area (Å²) in [5.74, 6) is 0. The number of aliphatic hydroxyl groups excluding tert-OH is 1. The van der Waals surface area contributed by atoms with Gasteiger partial charge in [-0.2, -0.15) is 0 Å². The molecule has 0 radical (unpaired) electrons. The zero-order valence-electron chi connectivity index (χ0n) is 7.72. The molecule has 2 nitrogen and oxygen atoms in total. The summed E-state index contributed by atoms with van der Waals surface area (Å²) in [5.41, 5.74) is 2.08. The molecule has 0 saturated carbocycles. The van der Waals surface area contributed by atoms with Crippen LogP contribution in [0.5, 0.6) is 0 Å². The molecule has 0 bridgehead atoms. The molecule has 1 heterocycles. The monoisotopic (exact) mass is 185 g/mol. The number of hydrogen-bond acceptors (Lipinski definition) is 2. The molecule has 0 atom stereocenters. The molecular weight excluding hydrogens is 174 g/mol. The third-order valence-electron chi connectivity index (χ3n) is 2.04. The first-order chi connectivity index (χ1) is 6.90. The van der Waals surface area contributed by atoms with E-state index < -0.39 is 0 Å². The summed E-state index contributed by atoms with van der Waals surface area (Å²) in [4.78, 5) is 4.23. The maximum absolute atomic E-state index is 8.64. The minimum absolute atomic E-state index is 0.0745. The minimum Gasteiger partial charge on any atom is -0.392 e. The van der Waals surface area contributed by atoms with E-state index in [-0.39, 0.29) is 6.61 Å². The third-order valence-corrected chi connectivity index (χ3v) is 2.04. The predicted molar refractivity (Wildman–Crippen MR) is 57.9 cm³/mol. The van der Waals surface area contributed by atoms with Gasteiger partial charge < -0.3 is 5.11 Å². The van der Waals surface area contributed by atoms with E-state index in [1.165, 1.54) is 0 Å². The maximum Gasteiger partial charge on any atom is 0.0702 e. The summed E-state index contributed by atoms with van der Waals surface area (Å²) in [6.07, 6.45) is 5.40. The Hall–Kier alpha value is -1.67. The van der Waals surface area contributed by atoms with E-state index in [4.69, 9.17) is 5.11 Å². The lowest BCUT2D eigenvalue weighted by atomic mass is 10.1. The lowest BCUT2D eigenvalue weighted by Gasteiger charge is -1.97. The average molecular weight is 185 g/mol. The molecule has 1 N–H and O–H groups in total. The Labute approximate surface area is 82.5 Å². The fourth-order valence-corrected chi connectivity index (χ4v) is 1.39. The zero-order chi connectivity index (χ0) is 9.80. The van der Waals surface area contributed by atoms with Crippen LogP contribution in [-0.2, 0) is 0 Å². The fraction of sp³-hybridized carbons (Fsp3) is 0.0833. The van der Waals surface area contributed by atoms with Crippen LogP contribution >= 0.6 is 0 Å². The van der Waals surface area contributed by atoms with Gasteiger partial charge in [0.1, 0.15) is 0 Å². The van der Waals surface area contributed by atoms with Crippen molar-refractivity contribution in [2.45, 2.75) is 0 Å². The highest BCUT2D eigenvalue weighted by molar-refractivity contribution is 5.80. The van der Waals surface area contributed by atoms with Crippen LogP contribution in [0.3, 0.4) is 0 Å². The van der Waals surface area contributed by atoms with Gasteiger partial charge in [0.15, 0.2) is 0 Å². The number of fused-ring (bicyclic) bond motifs is 1. The van der Waals surface area contributed by atoms with Gasteiger partial charge in [-0.1, -0.05) is 24.3 Å². The van der Waals surface area contributed by atoms with Crippen molar-refractivity contribution in [2.75, 3.05) is 6.61 Å². The number of pyridine rings is 1. The molecule has 0 aliphatic heterocycles. The third kappa shape index (κ3) is 1.80. The van der Waals surface area contributed by atoms with E-state index in [0.717, 1.165) is 16.5 Å². The Bertz CT molecular complexity index is 463. The van der Waals surface area contributed by atoms with Gasteiger partial charge in [-0.25, -0.2) is 0 Å². The number of nitrogens with zero attached hydrogens (tertiary/aromatic N) is 1. The summed E-state index contributed by atoms with van der Waals surface area (Å²) in [6, 6.07) is 9.96. The molecule has 0 aliphatic carbocycles. The lowest BCUT2D eigenvalue weighted by Crippen LogP contribution is -1.79. The zero-order valence-corrected chi connectivity index (χ0v) is 7.72. The Morgan fingerprint density at radius 2 is 2.21 bits per heavy atom. The Morgan fingerprint density at radius 1 is 1.29 bits per heavy atom. The van der Waals surface area contributed by atoms with Crippen LogP contribution in [0.15, 0.2) is 42.6 Å². The topological polar surface area (TPSA) is 33.1 Å². The number of rotatable bonds is 2. The second-order valence-electron chi connectivity index (χ2n) is 3.04. The van der Waals surface area contributed by atoms with Crippen LogP contribution in [0, 0.1) is 0 Å². The predicted octanol–water partition coefficient (Wildman–Crippen LogP) is 2.24. The van der Waals surface area contributed by atoms with Crippen LogP contribution in [0.2, 0.25) is 0 Å². The van der Waals surface area contributed by atoms with Crippen LogP contribution < -0.4 is 0 Å². The largest absolute Gasteiger partial charge is 0.392 e. The highest BCUT2D eigenvalue weighted by atomic mass is 16.2. The van der Waals surface area contributed by atoms with Gasteiger partial charge >= 0.3 is 0 Å². The van der Waals surface area contributed by atoms with Crippen molar-refractivity contribution in [3.63, 3.8) is 0 Å². The summed E-state index contributed by atoms with van der Waals surface area (Å²) in [6.45, 7) is 0.0745. The van der Waals surface area contributed by atoms with Crippen LogP contribution in [0.4, 0.5) is 0 Å². The Balaban J connectivity index is 2.46. The standard InChI is InChI=1S/C12H11NO/c14-8-2-3-10-5-6-12-11(9-10)4-1-7-13-12/h1-7,9,14H,8H2. The SMILES string of the molecule is OCC=Cc1ccc2ncccc2c1. The second kappa shape index (κ2) is 4.03.